The van der Waals surface area contributed by atoms with Crippen molar-refractivity contribution in [1.29, 1.82) is 0 Å². The minimum atomic E-state index is -0.478. The molecule has 5 heteroatoms. The quantitative estimate of drug-likeness (QED) is 0.305. The van der Waals surface area contributed by atoms with Gasteiger partial charge in [0.25, 0.3) is 0 Å². The summed E-state index contributed by atoms with van der Waals surface area (Å²) in [5.41, 5.74) is 1.88. The predicted molar refractivity (Wildman–Crippen MR) is 88.4 cm³/mol. The van der Waals surface area contributed by atoms with Gasteiger partial charge in [0.05, 0.1) is 11.1 Å². The topological polar surface area (TPSA) is 43.4 Å². The first kappa shape index (κ1) is 15.2. The van der Waals surface area contributed by atoms with Crippen LogP contribution in [-0.4, -0.2) is 12.3 Å². The van der Waals surface area contributed by atoms with Crippen LogP contribution in [0.25, 0.3) is 0 Å². The lowest BCUT2D eigenvalue weighted by atomic mass is 10.1. The Kier molecular flexibility index (Phi) is 4.93. The van der Waals surface area contributed by atoms with Gasteiger partial charge in [0.1, 0.15) is 5.75 Å². The Morgan fingerprint density at radius 3 is 2.65 bits per heavy atom. The lowest BCUT2D eigenvalue weighted by Crippen LogP contribution is -2.10. The third-order valence-corrected chi connectivity index (χ3v) is 4.36. The molecule has 20 heavy (non-hydrogen) atoms. The number of esters is 1. The van der Waals surface area contributed by atoms with E-state index in [1.165, 1.54) is 0 Å². The molecule has 102 valence electrons. The molecule has 0 fully saturated rings. The van der Waals surface area contributed by atoms with Crippen LogP contribution in [-0.2, 0) is 0 Å². The molecule has 2 aromatic rings. The third-order valence-electron chi connectivity index (χ3n) is 2.71. The summed E-state index contributed by atoms with van der Waals surface area (Å²) in [4.78, 5) is 23.1. The average molecular weight is 445 g/mol. The highest BCUT2D eigenvalue weighted by Gasteiger charge is 2.12. The summed E-state index contributed by atoms with van der Waals surface area (Å²) in [6, 6.07) is 10.2. The van der Waals surface area contributed by atoms with Crippen molar-refractivity contribution >= 4 is 50.8 Å². The Hall–Kier alpha value is -1.21. The smallest absolute Gasteiger partial charge is 0.343 e. The molecule has 0 saturated heterocycles. The maximum atomic E-state index is 12.1. The Morgan fingerprint density at radius 2 is 2.00 bits per heavy atom. The van der Waals surface area contributed by atoms with Gasteiger partial charge in [-0.25, -0.2) is 4.79 Å². The average Bonchev–Trinajstić information content (AvgIpc) is 2.43. The number of carbonyl (C=O) groups is 2. The lowest BCUT2D eigenvalue weighted by Gasteiger charge is -2.08. The molecule has 2 aromatic carbocycles. The first-order valence-corrected chi connectivity index (χ1v) is 7.61. The summed E-state index contributed by atoms with van der Waals surface area (Å²) in [7, 11) is 0. The number of halogens is 2. The van der Waals surface area contributed by atoms with Gasteiger partial charge < -0.3 is 4.74 Å². The number of ether oxygens (including phenoxy) is 1. The van der Waals surface area contributed by atoms with E-state index in [0.29, 0.717) is 17.4 Å². The number of aldehydes is 1. The summed E-state index contributed by atoms with van der Waals surface area (Å²) in [5.74, 6) is -0.225. The SMILES string of the molecule is Cc1ccc(C(=O)Oc2ccc(Br)cc2C=O)cc1I. The summed E-state index contributed by atoms with van der Waals surface area (Å²) < 4.78 is 7.02. The van der Waals surface area contributed by atoms with Gasteiger partial charge in [0.15, 0.2) is 6.29 Å². The van der Waals surface area contributed by atoms with Crippen molar-refractivity contribution in [2.75, 3.05) is 0 Å². The van der Waals surface area contributed by atoms with Gasteiger partial charge in [-0.3, -0.25) is 4.79 Å². The molecule has 0 aromatic heterocycles. The zero-order valence-corrected chi connectivity index (χ0v) is 14.3. The van der Waals surface area contributed by atoms with Crippen molar-refractivity contribution in [3.8, 4) is 5.75 Å². The molecular weight excluding hydrogens is 435 g/mol. The number of hydrogen-bond acceptors (Lipinski definition) is 3. The van der Waals surface area contributed by atoms with E-state index in [9.17, 15) is 9.59 Å². The largest absolute Gasteiger partial charge is 0.422 e. The molecule has 3 nitrogen and oxygen atoms in total. The van der Waals surface area contributed by atoms with Gasteiger partial charge in [-0.05, 0) is 65.4 Å². The Bertz CT molecular complexity index is 683. The van der Waals surface area contributed by atoms with Crippen LogP contribution in [0.2, 0.25) is 0 Å². The molecule has 2 rings (SSSR count). The highest BCUT2D eigenvalue weighted by Crippen LogP contribution is 2.23. The van der Waals surface area contributed by atoms with Crippen molar-refractivity contribution in [1.82, 2.24) is 0 Å². The van der Waals surface area contributed by atoms with Crippen LogP contribution in [0.15, 0.2) is 40.9 Å². The van der Waals surface area contributed by atoms with E-state index in [1.807, 2.05) is 13.0 Å². The van der Waals surface area contributed by atoms with Gasteiger partial charge in [0, 0.05) is 8.04 Å². The zero-order chi connectivity index (χ0) is 14.7. The Labute approximate surface area is 138 Å². The van der Waals surface area contributed by atoms with Gasteiger partial charge in [0.2, 0.25) is 0 Å². The minimum absolute atomic E-state index is 0.254. The number of benzene rings is 2. The van der Waals surface area contributed by atoms with Crippen molar-refractivity contribution in [3.05, 3.63) is 61.1 Å². The van der Waals surface area contributed by atoms with Crippen LogP contribution in [0.3, 0.4) is 0 Å². The van der Waals surface area contributed by atoms with Crippen LogP contribution in [0.4, 0.5) is 0 Å². The van der Waals surface area contributed by atoms with Gasteiger partial charge in [-0.15, -0.1) is 0 Å². The fourth-order valence-electron chi connectivity index (χ4n) is 1.58. The van der Waals surface area contributed by atoms with E-state index < -0.39 is 5.97 Å². The van der Waals surface area contributed by atoms with Gasteiger partial charge in [-0.2, -0.15) is 0 Å². The van der Waals surface area contributed by atoms with Crippen LogP contribution >= 0.6 is 38.5 Å². The maximum Gasteiger partial charge on any atom is 0.343 e. The fraction of sp³-hybridized carbons (Fsp3) is 0.0667. The van der Waals surface area contributed by atoms with E-state index in [1.54, 1.807) is 30.3 Å². The Morgan fingerprint density at radius 1 is 1.25 bits per heavy atom. The summed E-state index contributed by atoms with van der Waals surface area (Å²) in [5, 5.41) is 0. The van der Waals surface area contributed by atoms with Crippen molar-refractivity contribution < 1.29 is 14.3 Å². The molecule has 0 radical (unpaired) electrons. The molecule has 0 aliphatic heterocycles. The standard InChI is InChI=1S/C15H10BrIO3/c1-9-2-3-10(7-13(9)17)15(19)20-14-5-4-12(16)6-11(14)8-18/h2-8H,1H3. The first-order valence-electron chi connectivity index (χ1n) is 5.74. The molecule has 0 heterocycles. The highest BCUT2D eigenvalue weighted by molar-refractivity contribution is 14.1. The van der Waals surface area contributed by atoms with E-state index in [2.05, 4.69) is 38.5 Å². The van der Waals surface area contributed by atoms with Crippen molar-refractivity contribution in [3.63, 3.8) is 0 Å². The molecule has 0 aliphatic rings. The lowest BCUT2D eigenvalue weighted by molar-refractivity contribution is 0.0733. The van der Waals surface area contributed by atoms with Crippen molar-refractivity contribution in [2.45, 2.75) is 6.92 Å². The number of rotatable bonds is 3. The van der Waals surface area contributed by atoms with Crippen LogP contribution in [0.5, 0.6) is 5.75 Å². The van der Waals surface area contributed by atoms with Crippen LogP contribution in [0.1, 0.15) is 26.3 Å². The van der Waals surface area contributed by atoms with Gasteiger partial charge in [-0.1, -0.05) is 22.0 Å². The molecule has 0 unspecified atom stereocenters. The number of hydrogen-bond donors (Lipinski definition) is 0. The molecular formula is C15H10BrIO3. The first-order chi connectivity index (χ1) is 9.51. The van der Waals surface area contributed by atoms with Crippen molar-refractivity contribution in [2.24, 2.45) is 0 Å². The predicted octanol–water partition coefficient (Wildman–Crippen LogP) is 4.39. The van der Waals surface area contributed by atoms with Gasteiger partial charge >= 0.3 is 5.97 Å². The summed E-state index contributed by atoms with van der Waals surface area (Å²) >= 11 is 5.43. The molecule has 0 amide bonds. The number of carbonyl (C=O) groups excluding carboxylic acids is 2. The second-order valence-corrected chi connectivity index (χ2v) is 6.23. The third kappa shape index (κ3) is 3.46. The second-order valence-electron chi connectivity index (χ2n) is 4.15. The molecule has 0 atom stereocenters. The molecule has 0 saturated carbocycles. The van der Waals surface area contributed by atoms with E-state index >= 15 is 0 Å². The molecule has 0 bridgehead atoms. The molecule has 0 spiro atoms. The Balaban J connectivity index is 2.27. The van der Waals surface area contributed by atoms with Crippen LogP contribution < -0.4 is 4.74 Å². The maximum absolute atomic E-state index is 12.1. The van der Waals surface area contributed by atoms with E-state index in [0.717, 1.165) is 13.6 Å². The minimum Gasteiger partial charge on any atom is -0.422 e. The number of aryl methyl sites for hydroxylation is 1. The summed E-state index contributed by atoms with van der Waals surface area (Å²) in [6.07, 6.45) is 0.659. The zero-order valence-electron chi connectivity index (χ0n) is 10.5. The molecule has 0 aliphatic carbocycles. The fourth-order valence-corrected chi connectivity index (χ4v) is 2.48. The highest BCUT2D eigenvalue weighted by atomic mass is 127. The summed E-state index contributed by atoms with van der Waals surface area (Å²) in [6.45, 7) is 1.97. The second kappa shape index (κ2) is 6.49. The molecule has 0 N–H and O–H groups in total. The van der Waals surface area contributed by atoms with Crippen LogP contribution in [0, 0.1) is 10.5 Å². The monoisotopic (exact) mass is 444 g/mol. The van der Waals surface area contributed by atoms with E-state index in [4.69, 9.17) is 4.74 Å². The van der Waals surface area contributed by atoms with E-state index in [-0.39, 0.29) is 5.75 Å². The normalized spacial score (nSPS) is 10.2.